The van der Waals surface area contributed by atoms with E-state index in [1.807, 2.05) is 19.1 Å². The summed E-state index contributed by atoms with van der Waals surface area (Å²) in [7, 11) is 0. The topological polar surface area (TPSA) is 35.0 Å². The minimum atomic E-state index is 0.301. The molecule has 0 bridgehead atoms. The number of rotatable bonds is 3. The molecule has 0 N–H and O–H groups in total. The van der Waals surface area contributed by atoms with Crippen molar-refractivity contribution in [1.82, 2.24) is 9.97 Å². The second kappa shape index (κ2) is 5.55. The maximum Gasteiger partial charge on any atom is 0.226 e. The molecule has 2 rings (SSSR count). The number of halogens is 2. The summed E-state index contributed by atoms with van der Waals surface area (Å²) in [5.74, 6) is 2.09. The summed E-state index contributed by atoms with van der Waals surface area (Å²) in [6.07, 6.45) is 1.67. The van der Waals surface area contributed by atoms with E-state index in [2.05, 4.69) is 9.97 Å². The maximum atomic E-state index is 5.95. The molecule has 0 amide bonds. The zero-order chi connectivity index (χ0) is 13.1. The number of hydrogen-bond acceptors (Lipinski definition) is 3. The van der Waals surface area contributed by atoms with Crippen molar-refractivity contribution in [2.45, 2.75) is 19.7 Å². The second-order valence-electron chi connectivity index (χ2n) is 3.89. The lowest BCUT2D eigenvalue weighted by Gasteiger charge is -2.11. The highest BCUT2D eigenvalue weighted by molar-refractivity contribution is 6.30. The van der Waals surface area contributed by atoms with Crippen molar-refractivity contribution in [1.29, 1.82) is 0 Å². The highest BCUT2D eigenvalue weighted by Gasteiger charge is 2.09. The minimum absolute atomic E-state index is 0.301. The number of ether oxygens (including phenoxy) is 1. The monoisotopic (exact) mass is 282 g/mol. The van der Waals surface area contributed by atoms with Crippen LogP contribution in [0.15, 0.2) is 24.4 Å². The number of alkyl halides is 1. The minimum Gasteiger partial charge on any atom is -0.438 e. The number of aromatic nitrogens is 2. The molecule has 0 fully saturated rings. The Labute approximate surface area is 116 Å². The van der Waals surface area contributed by atoms with E-state index >= 15 is 0 Å². The van der Waals surface area contributed by atoms with Crippen molar-refractivity contribution in [2.75, 3.05) is 0 Å². The molecule has 94 valence electrons. The first-order valence-corrected chi connectivity index (χ1v) is 6.34. The van der Waals surface area contributed by atoms with E-state index in [4.69, 9.17) is 27.9 Å². The molecular weight excluding hydrogens is 271 g/mol. The first-order chi connectivity index (χ1) is 8.60. The standard InChI is InChI=1S/C13H12Cl2N2O/c1-8-3-4-11(15)5-12(8)18-13-10(6-14)7-16-9(2)17-13/h3-5,7H,6H2,1-2H3. The van der Waals surface area contributed by atoms with Crippen LogP contribution in [-0.2, 0) is 5.88 Å². The largest absolute Gasteiger partial charge is 0.438 e. The van der Waals surface area contributed by atoms with E-state index in [0.717, 1.165) is 11.1 Å². The first-order valence-electron chi connectivity index (χ1n) is 5.42. The molecule has 0 aliphatic rings. The number of hydrogen-bond donors (Lipinski definition) is 0. The van der Waals surface area contributed by atoms with Gasteiger partial charge in [-0.05, 0) is 31.5 Å². The number of benzene rings is 1. The van der Waals surface area contributed by atoms with Gasteiger partial charge in [0, 0.05) is 16.8 Å². The number of nitrogens with zero attached hydrogens (tertiary/aromatic N) is 2. The van der Waals surface area contributed by atoms with E-state index in [9.17, 15) is 0 Å². The average molecular weight is 283 g/mol. The van der Waals surface area contributed by atoms with Gasteiger partial charge in [-0.1, -0.05) is 17.7 Å². The fourth-order valence-electron chi connectivity index (χ4n) is 1.44. The highest BCUT2D eigenvalue weighted by atomic mass is 35.5. The van der Waals surface area contributed by atoms with Crippen LogP contribution in [0.2, 0.25) is 5.02 Å². The van der Waals surface area contributed by atoms with Gasteiger partial charge >= 0.3 is 0 Å². The van der Waals surface area contributed by atoms with Crippen molar-refractivity contribution in [2.24, 2.45) is 0 Å². The third-order valence-electron chi connectivity index (χ3n) is 2.45. The molecule has 5 heteroatoms. The Bertz CT molecular complexity index is 573. The summed E-state index contributed by atoms with van der Waals surface area (Å²) in [6, 6.07) is 5.47. The Morgan fingerprint density at radius 1 is 1.28 bits per heavy atom. The normalized spacial score (nSPS) is 10.4. The third kappa shape index (κ3) is 2.92. The summed E-state index contributed by atoms with van der Waals surface area (Å²) in [5, 5.41) is 0.619. The molecule has 0 aliphatic carbocycles. The summed E-state index contributed by atoms with van der Waals surface area (Å²) >= 11 is 11.8. The predicted octanol–water partition coefficient (Wildman–Crippen LogP) is 4.28. The molecule has 1 aromatic carbocycles. The van der Waals surface area contributed by atoms with Gasteiger partial charge in [0.2, 0.25) is 5.88 Å². The molecule has 18 heavy (non-hydrogen) atoms. The summed E-state index contributed by atoms with van der Waals surface area (Å²) in [5.41, 5.74) is 1.73. The Morgan fingerprint density at radius 3 is 2.78 bits per heavy atom. The van der Waals surface area contributed by atoms with Gasteiger partial charge < -0.3 is 4.74 Å². The molecule has 0 saturated carbocycles. The molecular formula is C13H12Cl2N2O. The zero-order valence-electron chi connectivity index (χ0n) is 10.1. The van der Waals surface area contributed by atoms with Gasteiger partial charge in [-0.2, -0.15) is 4.98 Å². The lowest BCUT2D eigenvalue weighted by molar-refractivity contribution is 0.451. The van der Waals surface area contributed by atoms with Gasteiger partial charge in [0.15, 0.2) is 0 Å². The van der Waals surface area contributed by atoms with Gasteiger partial charge in [0.05, 0.1) is 5.88 Å². The summed E-state index contributed by atoms with van der Waals surface area (Å²) < 4.78 is 5.77. The van der Waals surface area contributed by atoms with Gasteiger partial charge in [0.25, 0.3) is 0 Å². The molecule has 2 aromatic rings. The molecule has 0 unspecified atom stereocenters. The SMILES string of the molecule is Cc1ncc(CCl)c(Oc2cc(Cl)ccc2C)n1. The van der Waals surface area contributed by atoms with Crippen molar-refractivity contribution >= 4 is 23.2 Å². The van der Waals surface area contributed by atoms with Gasteiger partial charge in [0.1, 0.15) is 11.6 Å². The van der Waals surface area contributed by atoms with E-state index in [-0.39, 0.29) is 0 Å². The summed E-state index contributed by atoms with van der Waals surface area (Å²) in [6.45, 7) is 3.75. The summed E-state index contributed by atoms with van der Waals surface area (Å²) in [4.78, 5) is 8.34. The van der Waals surface area contributed by atoms with Crippen LogP contribution in [0.3, 0.4) is 0 Å². The molecule has 0 saturated heterocycles. The predicted molar refractivity (Wildman–Crippen MR) is 72.6 cm³/mol. The fourth-order valence-corrected chi connectivity index (χ4v) is 1.79. The molecule has 1 heterocycles. The molecule has 0 aliphatic heterocycles. The fraction of sp³-hybridized carbons (Fsp3) is 0.231. The van der Waals surface area contributed by atoms with Gasteiger partial charge in [-0.15, -0.1) is 11.6 Å². The second-order valence-corrected chi connectivity index (χ2v) is 4.60. The smallest absolute Gasteiger partial charge is 0.226 e. The Morgan fingerprint density at radius 2 is 2.06 bits per heavy atom. The maximum absolute atomic E-state index is 5.95. The van der Waals surface area contributed by atoms with Crippen molar-refractivity contribution in [3.63, 3.8) is 0 Å². The zero-order valence-corrected chi connectivity index (χ0v) is 11.6. The Balaban J connectivity index is 2.38. The molecule has 1 aromatic heterocycles. The van der Waals surface area contributed by atoms with Crippen molar-refractivity contribution < 1.29 is 4.74 Å². The van der Waals surface area contributed by atoms with Crippen LogP contribution in [0, 0.1) is 13.8 Å². The van der Waals surface area contributed by atoms with Crippen LogP contribution in [-0.4, -0.2) is 9.97 Å². The van der Waals surface area contributed by atoms with Crippen molar-refractivity contribution in [3.8, 4) is 11.6 Å². The average Bonchev–Trinajstić information content (AvgIpc) is 2.34. The van der Waals surface area contributed by atoms with Crippen LogP contribution in [0.4, 0.5) is 0 Å². The highest BCUT2D eigenvalue weighted by Crippen LogP contribution is 2.29. The number of aryl methyl sites for hydroxylation is 2. The quantitative estimate of drug-likeness (QED) is 0.789. The Kier molecular flexibility index (Phi) is 4.04. The van der Waals surface area contributed by atoms with E-state index in [1.54, 1.807) is 19.2 Å². The molecule has 0 radical (unpaired) electrons. The third-order valence-corrected chi connectivity index (χ3v) is 2.97. The van der Waals surface area contributed by atoms with Crippen LogP contribution >= 0.6 is 23.2 Å². The van der Waals surface area contributed by atoms with Gasteiger partial charge in [-0.3, -0.25) is 0 Å². The van der Waals surface area contributed by atoms with Gasteiger partial charge in [-0.25, -0.2) is 4.98 Å². The van der Waals surface area contributed by atoms with E-state index in [0.29, 0.717) is 28.4 Å². The lowest BCUT2D eigenvalue weighted by atomic mass is 10.2. The molecule has 0 spiro atoms. The van der Waals surface area contributed by atoms with E-state index in [1.165, 1.54) is 0 Å². The van der Waals surface area contributed by atoms with Crippen LogP contribution in [0.1, 0.15) is 17.0 Å². The van der Waals surface area contributed by atoms with Crippen LogP contribution in [0.25, 0.3) is 0 Å². The van der Waals surface area contributed by atoms with Crippen molar-refractivity contribution in [3.05, 3.63) is 46.4 Å². The molecule has 3 nitrogen and oxygen atoms in total. The first kappa shape index (κ1) is 13.1. The lowest BCUT2D eigenvalue weighted by Crippen LogP contribution is -1.98. The van der Waals surface area contributed by atoms with Crippen LogP contribution < -0.4 is 4.74 Å². The molecule has 0 atom stereocenters. The Hall–Kier alpha value is -1.32. The van der Waals surface area contributed by atoms with Crippen LogP contribution in [0.5, 0.6) is 11.6 Å². The van der Waals surface area contributed by atoms with E-state index < -0.39 is 0 Å².